The summed E-state index contributed by atoms with van der Waals surface area (Å²) in [6.07, 6.45) is 1.06. The maximum Gasteiger partial charge on any atom is 0.260 e. The SMILES string of the molecule is COCCN1CCC(CNC(=O)c2ccc(C)[nH]c2=O)C1. The van der Waals surface area contributed by atoms with Crippen LogP contribution >= 0.6 is 0 Å². The van der Waals surface area contributed by atoms with E-state index in [9.17, 15) is 9.59 Å². The minimum absolute atomic E-state index is 0.176. The molecule has 1 unspecified atom stereocenters. The summed E-state index contributed by atoms with van der Waals surface area (Å²) in [4.78, 5) is 28.7. The zero-order valence-corrected chi connectivity index (χ0v) is 12.6. The lowest BCUT2D eigenvalue weighted by atomic mass is 10.1. The van der Waals surface area contributed by atoms with Crippen LogP contribution in [0, 0.1) is 12.8 Å². The molecule has 0 bridgehead atoms. The number of aromatic amines is 1. The van der Waals surface area contributed by atoms with Gasteiger partial charge >= 0.3 is 0 Å². The molecule has 0 saturated carbocycles. The van der Waals surface area contributed by atoms with E-state index in [4.69, 9.17) is 4.74 Å². The van der Waals surface area contributed by atoms with Gasteiger partial charge in [-0.2, -0.15) is 0 Å². The van der Waals surface area contributed by atoms with Crippen molar-refractivity contribution in [1.29, 1.82) is 0 Å². The number of aryl methyl sites for hydroxylation is 1. The summed E-state index contributed by atoms with van der Waals surface area (Å²) in [5.41, 5.74) is 0.594. The van der Waals surface area contributed by atoms with Gasteiger partial charge in [0, 0.05) is 32.4 Å². The van der Waals surface area contributed by atoms with Gasteiger partial charge in [-0.1, -0.05) is 0 Å². The van der Waals surface area contributed by atoms with E-state index in [1.165, 1.54) is 0 Å². The Bertz CT molecular complexity index is 541. The lowest BCUT2D eigenvalue weighted by Gasteiger charge is -2.15. The molecule has 1 aliphatic rings. The van der Waals surface area contributed by atoms with E-state index in [0.29, 0.717) is 12.5 Å². The first-order valence-corrected chi connectivity index (χ1v) is 7.29. The zero-order chi connectivity index (χ0) is 15.2. The van der Waals surface area contributed by atoms with E-state index in [2.05, 4.69) is 15.2 Å². The second kappa shape index (κ2) is 7.38. The Morgan fingerprint density at radius 3 is 3.05 bits per heavy atom. The summed E-state index contributed by atoms with van der Waals surface area (Å²) < 4.78 is 5.07. The van der Waals surface area contributed by atoms with Crippen molar-refractivity contribution in [3.05, 3.63) is 33.7 Å². The number of rotatable bonds is 6. The highest BCUT2D eigenvalue weighted by Gasteiger charge is 2.22. The molecule has 1 amide bonds. The zero-order valence-electron chi connectivity index (χ0n) is 12.6. The molecule has 0 aliphatic carbocycles. The van der Waals surface area contributed by atoms with E-state index in [1.807, 2.05) is 0 Å². The molecular weight excluding hydrogens is 270 g/mol. The second-order valence-corrected chi connectivity index (χ2v) is 5.54. The molecular formula is C15H23N3O3. The average Bonchev–Trinajstić information content (AvgIpc) is 2.90. The number of aromatic nitrogens is 1. The summed E-state index contributed by atoms with van der Waals surface area (Å²) in [5, 5.41) is 2.86. The van der Waals surface area contributed by atoms with Crippen LogP contribution in [0.5, 0.6) is 0 Å². The minimum Gasteiger partial charge on any atom is -0.383 e. The summed E-state index contributed by atoms with van der Waals surface area (Å²) >= 11 is 0. The van der Waals surface area contributed by atoms with Gasteiger partial charge in [-0.15, -0.1) is 0 Å². The number of carbonyl (C=O) groups is 1. The van der Waals surface area contributed by atoms with Crippen molar-refractivity contribution in [3.63, 3.8) is 0 Å². The molecule has 116 valence electrons. The number of nitrogens with one attached hydrogen (secondary N) is 2. The summed E-state index contributed by atoms with van der Waals surface area (Å²) in [6, 6.07) is 3.31. The van der Waals surface area contributed by atoms with Crippen molar-refractivity contribution < 1.29 is 9.53 Å². The third kappa shape index (κ3) is 4.41. The van der Waals surface area contributed by atoms with Crippen LogP contribution in [0.2, 0.25) is 0 Å². The van der Waals surface area contributed by atoms with Crippen molar-refractivity contribution in [1.82, 2.24) is 15.2 Å². The van der Waals surface area contributed by atoms with Gasteiger partial charge in [-0.05, 0) is 37.9 Å². The van der Waals surface area contributed by atoms with Crippen molar-refractivity contribution in [3.8, 4) is 0 Å². The fraction of sp³-hybridized carbons (Fsp3) is 0.600. The van der Waals surface area contributed by atoms with Crippen molar-refractivity contribution >= 4 is 5.91 Å². The number of H-pyrrole nitrogens is 1. The van der Waals surface area contributed by atoms with Crippen molar-refractivity contribution in [2.24, 2.45) is 5.92 Å². The number of hydrogen-bond donors (Lipinski definition) is 2. The van der Waals surface area contributed by atoms with Crippen molar-refractivity contribution in [2.75, 3.05) is 39.9 Å². The van der Waals surface area contributed by atoms with E-state index in [1.54, 1.807) is 26.2 Å². The molecule has 1 fully saturated rings. The molecule has 21 heavy (non-hydrogen) atoms. The van der Waals surface area contributed by atoms with Crippen LogP contribution in [-0.2, 0) is 4.74 Å². The number of methoxy groups -OCH3 is 1. The normalized spacial score (nSPS) is 18.9. The monoisotopic (exact) mass is 293 g/mol. The van der Waals surface area contributed by atoms with Crippen LogP contribution in [0.25, 0.3) is 0 Å². The molecule has 1 aromatic rings. The Kier molecular flexibility index (Phi) is 5.52. The van der Waals surface area contributed by atoms with E-state index < -0.39 is 0 Å². The Balaban J connectivity index is 1.81. The number of ether oxygens (including phenoxy) is 1. The van der Waals surface area contributed by atoms with Gasteiger partial charge in [-0.25, -0.2) is 0 Å². The Hall–Kier alpha value is -1.66. The van der Waals surface area contributed by atoms with Gasteiger partial charge in [0.15, 0.2) is 0 Å². The number of pyridine rings is 1. The van der Waals surface area contributed by atoms with Crippen molar-refractivity contribution in [2.45, 2.75) is 13.3 Å². The minimum atomic E-state index is -0.333. The first kappa shape index (κ1) is 15.7. The van der Waals surface area contributed by atoms with Crippen LogP contribution in [0.1, 0.15) is 22.5 Å². The smallest absolute Gasteiger partial charge is 0.260 e. The van der Waals surface area contributed by atoms with Gasteiger partial charge in [0.25, 0.3) is 11.5 Å². The summed E-state index contributed by atoms with van der Waals surface area (Å²) in [5.74, 6) is 0.141. The molecule has 1 atom stereocenters. The fourth-order valence-electron chi connectivity index (χ4n) is 2.59. The number of nitrogens with zero attached hydrogens (tertiary/aromatic N) is 1. The topological polar surface area (TPSA) is 74.4 Å². The van der Waals surface area contributed by atoms with Crippen LogP contribution in [0.3, 0.4) is 0 Å². The lowest BCUT2D eigenvalue weighted by molar-refractivity contribution is 0.0945. The quantitative estimate of drug-likeness (QED) is 0.795. The molecule has 0 aromatic carbocycles. The lowest BCUT2D eigenvalue weighted by Crippen LogP contribution is -2.34. The Morgan fingerprint density at radius 1 is 1.52 bits per heavy atom. The number of hydrogen-bond acceptors (Lipinski definition) is 4. The molecule has 0 spiro atoms. The predicted molar refractivity (Wildman–Crippen MR) is 80.6 cm³/mol. The maximum absolute atomic E-state index is 12.0. The van der Waals surface area contributed by atoms with Crippen LogP contribution < -0.4 is 10.9 Å². The van der Waals surface area contributed by atoms with Crippen LogP contribution in [-0.4, -0.2) is 55.7 Å². The Labute approximate surface area is 124 Å². The van der Waals surface area contributed by atoms with E-state index in [0.717, 1.165) is 38.4 Å². The van der Waals surface area contributed by atoms with Gasteiger partial charge in [0.05, 0.1) is 6.61 Å². The molecule has 2 rings (SSSR count). The molecule has 2 heterocycles. The van der Waals surface area contributed by atoms with Crippen LogP contribution in [0.4, 0.5) is 0 Å². The molecule has 2 N–H and O–H groups in total. The average molecular weight is 293 g/mol. The largest absolute Gasteiger partial charge is 0.383 e. The summed E-state index contributed by atoms with van der Waals surface area (Å²) in [7, 11) is 1.70. The molecule has 6 nitrogen and oxygen atoms in total. The number of amides is 1. The van der Waals surface area contributed by atoms with Gasteiger partial charge in [0.1, 0.15) is 5.56 Å². The molecule has 6 heteroatoms. The highest BCUT2D eigenvalue weighted by atomic mass is 16.5. The fourth-order valence-corrected chi connectivity index (χ4v) is 2.59. The van der Waals surface area contributed by atoms with Gasteiger partial charge < -0.3 is 19.9 Å². The third-order valence-corrected chi connectivity index (χ3v) is 3.83. The highest BCUT2D eigenvalue weighted by Crippen LogP contribution is 2.14. The highest BCUT2D eigenvalue weighted by molar-refractivity contribution is 5.93. The van der Waals surface area contributed by atoms with Crippen LogP contribution in [0.15, 0.2) is 16.9 Å². The first-order chi connectivity index (χ1) is 10.1. The molecule has 1 aromatic heterocycles. The predicted octanol–water partition coefficient (Wildman–Crippen LogP) is 0.381. The molecule has 0 radical (unpaired) electrons. The van der Waals surface area contributed by atoms with Gasteiger partial charge in [-0.3, -0.25) is 9.59 Å². The van der Waals surface area contributed by atoms with E-state index >= 15 is 0 Å². The number of likely N-dealkylation sites (tertiary alicyclic amines) is 1. The number of carbonyl (C=O) groups excluding carboxylic acids is 1. The molecule has 1 aliphatic heterocycles. The van der Waals surface area contributed by atoms with E-state index in [-0.39, 0.29) is 17.0 Å². The summed E-state index contributed by atoms with van der Waals surface area (Å²) in [6.45, 7) is 6.06. The second-order valence-electron chi connectivity index (χ2n) is 5.54. The van der Waals surface area contributed by atoms with Gasteiger partial charge in [0.2, 0.25) is 0 Å². The third-order valence-electron chi connectivity index (χ3n) is 3.83. The first-order valence-electron chi connectivity index (χ1n) is 7.29. The standard InChI is InChI=1S/C15H23N3O3/c1-11-3-4-13(15(20)17-11)14(19)16-9-12-5-6-18(10-12)7-8-21-2/h3-4,12H,5-10H2,1-2H3,(H,16,19)(H,17,20). The maximum atomic E-state index is 12.0. The Morgan fingerprint density at radius 2 is 2.33 bits per heavy atom. The molecule has 1 saturated heterocycles.